The van der Waals surface area contributed by atoms with Crippen LogP contribution in [0.2, 0.25) is 0 Å². The number of carbonyl (C=O) groups is 1. The van der Waals surface area contributed by atoms with Gasteiger partial charge < -0.3 is 4.74 Å². The van der Waals surface area contributed by atoms with Gasteiger partial charge in [-0.3, -0.25) is 4.79 Å². The molecule has 15 heavy (non-hydrogen) atoms. The zero-order valence-electron chi connectivity index (χ0n) is 8.82. The Labute approximate surface area is 85.6 Å². The molecule has 2 nitrogen and oxygen atoms in total. The topological polar surface area (TPSA) is 26.3 Å². The van der Waals surface area contributed by atoms with E-state index in [1.54, 1.807) is 0 Å². The monoisotopic (exact) mass is 230 g/mol. The molecule has 0 aromatic carbocycles. The van der Waals surface area contributed by atoms with E-state index in [0.717, 1.165) is 0 Å². The van der Waals surface area contributed by atoms with Crippen molar-refractivity contribution in [2.45, 2.75) is 39.5 Å². The summed E-state index contributed by atoms with van der Waals surface area (Å²) in [5.74, 6) is -1.16. The molecule has 0 bridgehead atoms. The second kappa shape index (κ2) is 4.81. The molecule has 0 amide bonds. The molecule has 0 aliphatic carbocycles. The van der Waals surface area contributed by atoms with Gasteiger partial charge in [0.25, 0.3) is 0 Å². The number of alkyl halides is 4. The van der Waals surface area contributed by atoms with Gasteiger partial charge in [-0.2, -0.15) is 13.2 Å². The van der Waals surface area contributed by atoms with Gasteiger partial charge in [0.1, 0.15) is 6.67 Å². The van der Waals surface area contributed by atoms with Crippen LogP contribution in [-0.4, -0.2) is 24.9 Å². The second-order valence-corrected chi connectivity index (χ2v) is 3.64. The molecule has 0 fully saturated rings. The van der Waals surface area contributed by atoms with Crippen LogP contribution in [-0.2, 0) is 9.53 Å². The highest BCUT2D eigenvalue weighted by atomic mass is 19.4. The smallest absolute Gasteiger partial charge is 0.425 e. The summed E-state index contributed by atoms with van der Waals surface area (Å²) < 4.78 is 52.7. The van der Waals surface area contributed by atoms with Crippen molar-refractivity contribution in [3.8, 4) is 0 Å². The lowest BCUT2D eigenvalue weighted by Gasteiger charge is -2.25. The van der Waals surface area contributed by atoms with Gasteiger partial charge in [-0.1, -0.05) is 6.92 Å². The van der Waals surface area contributed by atoms with Gasteiger partial charge in [0.05, 0.1) is 5.41 Å². The predicted molar refractivity (Wildman–Crippen MR) is 46.0 cm³/mol. The van der Waals surface area contributed by atoms with Gasteiger partial charge in [0, 0.05) is 0 Å². The standard InChI is InChI=1S/C9H14F4O2/c1-4-8(3,5-10)7(14)15-6(2)9(11,12)13/h6H,4-5H2,1-3H3. The summed E-state index contributed by atoms with van der Waals surface area (Å²) in [5, 5.41) is 0. The van der Waals surface area contributed by atoms with Crippen molar-refractivity contribution in [3.05, 3.63) is 0 Å². The average Bonchev–Trinajstić information content (AvgIpc) is 2.14. The minimum atomic E-state index is -4.61. The Morgan fingerprint density at radius 2 is 1.87 bits per heavy atom. The van der Waals surface area contributed by atoms with Crippen LogP contribution in [0.4, 0.5) is 17.6 Å². The maximum atomic E-state index is 12.5. The first-order valence-electron chi connectivity index (χ1n) is 4.51. The molecular weight excluding hydrogens is 216 g/mol. The molecule has 0 heterocycles. The average molecular weight is 230 g/mol. The SMILES string of the molecule is CCC(C)(CF)C(=O)OC(C)C(F)(F)F. The highest BCUT2D eigenvalue weighted by molar-refractivity contribution is 5.76. The Morgan fingerprint density at radius 3 is 2.13 bits per heavy atom. The molecule has 0 rings (SSSR count). The highest BCUT2D eigenvalue weighted by Crippen LogP contribution is 2.28. The fraction of sp³-hybridized carbons (Fsp3) is 0.889. The molecule has 0 aromatic rings. The van der Waals surface area contributed by atoms with Crippen molar-refractivity contribution in [2.24, 2.45) is 5.41 Å². The third kappa shape index (κ3) is 3.68. The van der Waals surface area contributed by atoms with E-state index >= 15 is 0 Å². The van der Waals surface area contributed by atoms with Gasteiger partial charge in [-0.25, -0.2) is 4.39 Å². The number of rotatable bonds is 4. The normalized spacial score (nSPS) is 18.1. The van der Waals surface area contributed by atoms with Crippen molar-refractivity contribution in [2.75, 3.05) is 6.67 Å². The van der Waals surface area contributed by atoms with Crippen molar-refractivity contribution in [1.82, 2.24) is 0 Å². The van der Waals surface area contributed by atoms with Gasteiger partial charge in [0.15, 0.2) is 6.10 Å². The van der Waals surface area contributed by atoms with E-state index in [4.69, 9.17) is 0 Å². The molecule has 0 aliphatic rings. The Hall–Kier alpha value is -0.810. The summed E-state index contributed by atoms with van der Waals surface area (Å²) in [4.78, 5) is 11.2. The van der Waals surface area contributed by atoms with Crippen molar-refractivity contribution >= 4 is 5.97 Å². The number of hydrogen-bond donors (Lipinski definition) is 0. The summed E-state index contributed by atoms with van der Waals surface area (Å²) in [6.07, 6.45) is -6.73. The van der Waals surface area contributed by atoms with E-state index in [1.165, 1.54) is 13.8 Å². The zero-order valence-corrected chi connectivity index (χ0v) is 8.82. The van der Waals surface area contributed by atoms with Crippen LogP contribution < -0.4 is 0 Å². The van der Waals surface area contributed by atoms with Crippen LogP contribution in [0.1, 0.15) is 27.2 Å². The summed E-state index contributed by atoms with van der Waals surface area (Å²) in [6.45, 7) is 2.43. The van der Waals surface area contributed by atoms with Crippen molar-refractivity contribution < 1.29 is 27.1 Å². The largest absolute Gasteiger partial charge is 0.453 e. The minimum absolute atomic E-state index is 0.0902. The number of halogens is 4. The predicted octanol–water partition coefficient (Wildman–Crippen LogP) is 2.87. The number of carbonyl (C=O) groups excluding carboxylic acids is 1. The lowest BCUT2D eigenvalue weighted by molar-refractivity contribution is -0.222. The third-order valence-electron chi connectivity index (χ3n) is 2.31. The molecular formula is C9H14F4O2. The molecule has 0 saturated carbocycles. The van der Waals surface area contributed by atoms with Crippen molar-refractivity contribution in [3.63, 3.8) is 0 Å². The number of hydrogen-bond acceptors (Lipinski definition) is 2. The first-order valence-corrected chi connectivity index (χ1v) is 4.51. The number of ether oxygens (including phenoxy) is 1. The molecule has 2 atom stereocenters. The molecule has 90 valence electrons. The van der Waals surface area contributed by atoms with E-state index in [2.05, 4.69) is 4.74 Å². The molecule has 0 aromatic heterocycles. The van der Waals surface area contributed by atoms with Crippen LogP contribution in [0.5, 0.6) is 0 Å². The quantitative estimate of drug-likeness (QED) is 0.548. The Balaban J connectivity index is 4.49. The number of esters is 1. The van der Waals surface area contributed by atoms with Gasteiger partial charge >= 0.3 is 12.1 Å². The molecule has 6 heteroatoms. The summed E-state index contributed by atoms with van der Waals surface area (Å²) in [5.41, 5.74) is -1.49. The van der Waals surface area contributed by atoms with E-state index in [1.807, 2.05) is 0 Å². The molecule has 0 saturated heterocycles. The van der Waals surface area contributed by atoms with Gasteiger partial charge in [-0.05, 0) is 20.3 Å². The summed E-state index contributed by atoms with van der Waals surface area (Å²) in [6, 6.07) is 0. The lowest BCUT2D eigenvalue weighted by Crippen LogP contribution is -2.38. The van der Waals surface area contributed by atoms with Gasteiger partial charge in [0.2, 0.25) is 0 Å². The van der Waals surface area contributed by atoms with E-state index in [9.17, 15) is 22.4 Å². The second-order valence-electron chi connectivity index (χ2n) is 3.64. The molecule has 0 spiro atoms. The molecule has 2 unspecified atom stereocenters. The Bertz CT molecular complexity index is 221. The summed E-state index contributed by atoms with van der Waals surface area (Å²) in [7, 11) is 0. The van der Waals surface area contributed by atoms with E-state index < -0.39 is 30.3 Å². The summed E-state index contributed by atoms with van der Waals surface area (Å²) >= 11 is 0. The van der Waals surface area contributed by atoms with Crippen LogP contribution in [0, 0.1) is 5.41 Å². The van der Waals surface area contributed by atoms with Crippen LogP contribution >= 0.6 is 0 Å². The fourth-order valence-electron chi connectivity index (χ4n) is 0.663. The van der Waals surface area contributed by atoms with Crippen LogP contribution in [0.3, 0.4) is 0 Å². The first kappa shape index (κ1) is 14.2. The van der Waals surface area contributed by atoms with Crippen molar-refractivity contribution in [1.29, 1.82) is 0 Å². The van der Waals surface area contributed by atoms with Crippen LogP contribution in [0.25, 0.3) is 0 Å². The lowest BCUT2D eigenvalue weighted by atomic mass is 9.89. The third-order valence-corrected chi connectivity index (χ3v) is 2.31. The molecule has 0 aliphatic heterocycles. The van der Waals surface area contributed by atoms with E-state index in [-0.39, 0.29) is 6.42 Å². The minimum Gasteiger partial charge on any atom is -0.453 e. The molecule has 0 N–H and O–H groups in total. The maximum absolute atomic E-state index is 12.5. The Morgan fingerprint density at radius 1 is 1.40 bits per heavy atom. The highest BCUT2D eigenvalue weighted by Gasteiger charge is 2.42. The Kier molecular flexibility index (Phi) is 4.55. The van der Waals surface area contributed by atoms with Gasteiger partial charge in [-0.15, -0.1) is 0 Å². The van der Waals surface area contributed by atoms with E-state index in [0.29, 0.717) is 6.92 Å². The zero-order chi connectivity index (χ0) is 12.3. The maximum Gasteiger partial charge on any atom is 0.425 e. The first-order chi connectivity index (χ1) is 6.67. The van der Waals surface area contributed by atoms with Crippen LogP contribution in [0.15, 0.2) is 0 Å². The fourth-order valence-corrected chi connectivity index (χ4v) is 0.663. The molecule has 0 radical (unpaired) electrons.